The molecule has 4 rings (SSSR count). The average molecular weight is 357 g/mol. The number of para-hydroxylation sites is 1. The van der Waals surface area contributed by atoms with Crippen LogP contribution in [0.25, 0.3) is 5.69 Å². The highest BCUT2D eigenvalue weighted by Gasteiger charge is 2.31. The highest BCUT2D eigenvalue weighted by Crippen LogP contribution is 2.41. The van der Waals surface area contributed by atoms with Crippen LogP contribution < -0.4 is 5.32 Å². The zero-order valence-corrected chi connectivity index (χ0v) is 14.4. The Morgan fingerprint density at radius 1 is 1.29 bits per heavy atom. The Kier molecular flexibility index (Phi) is 4.31. The molecule has 0 bridgehead atoms. The summed E-state index contributed by atoms with van der Waals surface area (Å²) in [5.41, 5.74) is 1.03. The molecule has 2 aromatic heterocycles. The minimum Gasteiger partial charge on any atom is -0.301 e. The Hall–Kier alpha value is -2.19. The molecule has 0 saturated heterocycles. The molecular weight excluding hydrogens is 342 g/mol. The maximum absolute atomic E-state index is 12.1. The number of carbonyl (C=O) groups is 1. The average Bonchev–Trinajstić information content (AvgIpc) is 3.16. The molecule has 0 spiro atoms. The maximum atomic E-state index is 12.1. The largest absolute Gasteiger partial charge is 0.301 e. The number of carbonyl (C=O) groups excluding carboxylic acids is 1. The van der Waals surface area contributed by atoms with Gasteiger partial charge in [0, 0.05) is 23.2 Å². The second kappa shape index (κ2) is 6.74. The minimum absolute atomic E-state index is 0.0921. The molecule has 1 N–H and O–H groups in total. The standard InChI is InChI=1S/C16H15N5OS2/c22-13(18-15-17-8-9-23-15)10-24-16-20-19-14(11-6-7-11)21(16)12-4-2-1-3-5-12/h1-5,8-9,11H,6-7,10H2,(H,17,18,22). The third-order valence-electron chi connectivity index (χ3n) is 3.63. The summed E-state index contributed by atoms with van der Waals surface area (Å²) in [4.78, 5) is 16.1. The van der Waals surface area contributed by atoms with E-state index in [9.17, 15) is 4.79 Å². The van der Waals surface area contributed by atoms with Gasteiger partial charge in [0.1, 0.15) is 5.82 Å². The van der Waals surface area contributed by atoms with Crippen molar-refractivity contribution in [1.82, 2.24) is 19.7 Å². The van der Waals surface area contributed by atoms with Gasteiger partial charge in [-0.15, -0.1) is 21.5 Å². The van der Waals surface area contributed by atoms with Gasteiger partial charge in [0.25, 0.3) is 0 Å². The number of nitrogens with one attached hydrogen (secondary N) is 1. The number of thiazole rings is 1. The Bertz CT molecular complexity index is 828. The number of amides is 1. The number of thioether (sulfide) groups is 1. The predicted octanol–water partition coefficient (Wildman–Crippen LogP) is 3.33. The van der Waals surface area contributed by atoms with E-state index in [0.717, 1.165) is 29.5 Å². The van der Waals surface area contributed by atoms with Crippen LogP contribution in [0.3, 0.4) is 0 Å². The highest BCUT2D eigenvalue weighted by atomic mass is 32.2. The summed E-state index contributed by atoms with van der Waals surface area (Å²) in [5.74, 6) is 1.65. The van der Waals surface area contributed by atoms with Crippen LogP contribution in [0.1, 0.15) is 24.6 Å². The molecule has 0 aliphatic heterocycles. The Morgan fingerprint density at radius 3 is 2.83 bits per heavy atom. The lowest BCUT2D eigenvalue weighted by Crippen LogP contribution is -2.14. The highest BCUT2D eigenvalue weighted by molar-refractivity contribution is 7.99. The van der Waals surface area contributed by atoms with Gasteiger partial charge >= 0.3 is 0 Å². The topological polar surface area (TPSA) is 72.7 Å². The fourth-order valence-corrected chi connectivity index (χ4v) is 3.68. The van der Waals surface area contributed by atoms with E-state index in [4.69, 9.17) is 0 Å². The number of anilines is 1. The molecule has 1 fully saturated rings. The lowest BCUT2D eigenvalue weighted by molar-refractivity contribution is -0.113. The first-order valence-corrected chi connectivity index (χ1v) is 9.50. The summed E-state index contributed by atoms with van der Waals surface area (Å²) in [5, 5.41) is 14.6. The van der Waals surface area contributed by atoms with Crippen LogP contribution in [0.5, 0.6) is 0 Å². The van der Waals surface area contributed by atoms with Crippen molar-refractivity contribution in [2.24, 2.45) is 0 Å². The number of hydrogen-bond donors (Lipinski definition) is 1. The van der Waals surface area contributed by atoms with Gasteiger partial charge in [0.2, 0.25) is 5.91 Å². The van der Waals surface area contributed by atoms with Crippen LogP contribution in [0.4, 0.5) is 5.13 Å². The van der Waals surface area contributed by atoms with E-state index < -0.39 is 0 Å². The Balaban J connectivity index is 1.52. The summed E-state index contributed by atoms with van der Waals surface area (Å²) in [7, 11) is 0. The Labute approximate surface area is 147 Å². The first-order valence-electron chi connectivity index (χ1n) is 7.64. The first-order chi connectivity index (χ1) is 11.8. The SMILES string of the molecule is O=C(CSc1nnc(C2CC2)n1-c1ccccc1)Nc1nccs1. The van der Waals surface area contributed by atoms with E-state index in [1.807, 2.05) is 35.7 Å². The third kappa shape index (κ3) is 3.34. The van der Waals surface area contributed by atoms with Gasteiger partial charge in [0.05, 0.1) is 5.75 Å². The molecule has 0 atom stereocenters. The van der Waals surface area contributed by atoms with Gasteiger partial charge in [-0.3, -0.25) is 9.36 Å². The van der Waals surface area contributed by atoms with Gasteiger partial charge < -0.3 is 5.32 Å². The molecule has 1 amide bonds. The van der Waals surface area contributed by atoms with E-state index in [1.165, 1.54) is 23.1 Å². The lowest BCUT2D eigenvalue weighted by Gasteiger charge is -2.09. The van der Waals surface area contributed by atoms with Gasteiger partial charge in [-0.2, -0.15) is 0 Å². The third-order valence-corrected chi connectivity index (χ3v) is 5.24. The summed E-state index contributed by atoms with van der Waals surface area (Å²) < 4.78 is 2.07. The predicted molar refractivity (Wildman–Crippen MR) is 94.8 cm³/mol. The van der Waals surface area contributed by atoms with Crippen molar-refractivity contribution in [3.05, 3.63) is 47.7 Å². The molecular formula is C16H15N5OS2. The zero-order chi connectivity index (χ0) is 16.4. The van der Waals surface area contributed by atoms with E-state index in [0.29, 0.717) is 11.0 Å². The second-order valence-corrected chi connectivity index (χ2v) is 7.30. The molecule has 1 aliphatic carbocycles. The van der Waals surface area contributed by atoms with Crippen LogP contribution in [0, 0.1) is 0 Å². The van der Waals surface area contributed by atoms with Crippen molar-refractivity contribution in [3.63, 3.8) is 0 Å². The van der Waals surface area contributed by atoms with Crippen LogP contribution >= 0.6 is 23.1 Å². The Morgan fingerprint density at radius 2 is 2.12 bits per heavy atom. The molecule has 6 nitrogen and oxygen atoms in total. The van der Waals surface area contributed by atoms with Crippen molar-refractivity contribution in [3.8, 4) is 5.69 Å². The molecule has 3 aromatic rings. The first kappa shape index (κ1) is 15.3. The quantitative estimate of drug-likeness (QED) is 0.685. The van der Waals surface area contributed by atoms with Gasteiger partial charge in [-0.25, -0.2) is 4.98 Å². The van der Waals surface area contributed by atoms with Crippen molar-refractivity contribution in [2.75, 3.05) is 11.1 Å². The molecule has 1 aromatic carbocycles. The monoisotopic (exact) mass is 357 g/mol. The van der Waals surface area contributed by atoms with E-state index in [1.54, 1.807) is 6.20 Å². The van der Waals surface area contributed by atoms with Crippen LogP contribution in [-0.4, -0.2) is 31.4 Å². The fraction of sp³-hybridized carbons (Fsp3) is 0.250. The van der Waals surface area contributed by atoms with Gasteiger partial charge in [-0.05, 0) is 25.0 Å². The second-order valence-electron chi connectivity index (χ2n) is 5.46. The number of aromatic nitrogens is 4. The summed E-state index contributed by atoms with van der Waals surface area (Å²) in [6.45, 7) is 0. The molecule has 24 heavy (non-hydrogen) atoms. The fourth-order valence-electron chi connectivity index (χ4n) is 2.37. The van der Waals surface area contributed by atoms with E-state index >= 15 is 0 Å². The van der Waals surface area contributed by atoms with Crippen LogP contribution in [-0.2, 0) is 4.79 Å². The molecule has 0 radical (unpaired) electrons. The molecule has 1 saturated carbocycles. The summed E-state index contributed by atoms with van der Waals surface area (Å²) >= 11 is 2.80. The van der Waals surface area contributed by atoms with Crippen LogP contribution in [0.2, 0.25) is 0 Å². The molecule has 0 unspecified atom stereocenters. The molecule has 122 valence electrons. The van der Waals surface area contributed by atoms with Gasteiger partial charge in [-0.1, -0.05) is 30.0 Å². The van der Waals surface area contributed by atoms with Crippen molar-refractivity contribution in [1.29, 1.82) is 0 Å². The smallest absolute Gasteiger partial charge is 0.236 e. The number of hydrogen-bond acceptors (Lipinski definition) is 6. The maximum Gasteiger partial charge on any atom is 0.236 e. The van der Waals surface area contributed by atoms with E-state index in [-0.39, 0.29) is 11.7 Å². The number of rotatable bonds is 6. The van der Waals surface area contributed by atoms with Crippen molar-refractivity contribution >= 4 is 34.1 Å². The molecule has 8 heteroatoms. The molecule has 2 heterocycles. The lowest BCUT2D eigenvalue weighted by atomic mass is 10.3. The summed E-state index contributed by atoms with van der Waals surface area (Å²) in [6, 6.07) is 10.0. The normalized spacial score (nSPS) is 13.8. The van der Waals surface area contributed by atoms with Crippen LogP contribution in [0.15, 0.2) is 47.1 Å². The van der Waals surface area contributed by atoms with Crippen molar-refractivity contribution in [2.45, 2.75) is 23.9 Å². The van der Waals surface area contributed by atoms with Gasteiger partial charge in [0.15, 0.2) is 10.3 Å². The summed E-state index contributed by atoms with van der Waals surface area (Å²) in [6.07, 6.45) is 3.97. The van der Waals surface area contributed by atoms with Crippen molar-refractivity contribution < 1.29 is 4.79 Å². The molecule has 1 aliphatic rings. The minimum atomic E-state index is -0.0921. The van der Waals surface area contributed by atoms with E-state index in [2.05, 4.69) is 25.1 Å². The number of benzene rings is 1. The zero-order valence-electron chi connectivity index (χ0n) is 12.8. The number of nitrogens with zero attached hydrogens (tertiary/aromatic N) is 4.